The molecular weight excluding hydrogens is 222 g/mol. The van der Waals surface area contributed by atoms with Gasteiger partial charge in [0.15, 0.2) is 5.49 Å². The van der Waals surface area contributed by atoms with Crippen LogP contribution in [0.1, 0.15) is 5.76 Å². The molecule has 0 aromatic carbocycles. The first kappa shape index (κ1) is 10.9. The minimum absolute atomic E-state index is 0.0102. The van der Waals surface area contributed by atoms with Gasteiger partial charge >= 0.3 is 0 Å². The summed E-state index contributed by atoms with van der Waals surface area (Å²) >= 11 is 0. The minimum atomic E-state index is -0.200. The van der Waals surface area contributed by atoms with Crippen LogP contribution in [0.4, 0.5) is 17.2 Å². The van der Waals surface area contributed by atoms with Crippen LogP contribution in [0.5, 0.6) is 0 Å². The van der Waals surface area contributed by atoms with Crippen LogP contribution in [0.2, 0.25) is 0 Å². The van der Waals surface area contributed by atoms with E-state index in [0.717, 1.165) is 0 Å². The second kappa shape index (κ2) is 4.12. The molecule has 0 aliphatic heterocycles. The number of nitrogen functional groups attached to an aromatic ring is 2. The van der Waals surface area contributed by atoms with Gasteiger partial charge in [-0.25, -0.2) is 0 Å². The number of nitrogens with zero attached hydrogens (tertiary/aromatic N) is 1. The smallest absolute Gasteiger partial charge is 0.188 e. The summed E-state index contributed by atoms with van der Waals surface area (Å²) in [6.45, 7) is 0.368. The number of anilines is 3. The molecule has 0 fully saturated rings. The summed E-state index contributed by atoms with van der Waals surface area (Å²) < 4.78 is 5.69. The van der Waals surface area contributed by atoms with Crippen molar-refractivity contribution in [1.82, 2.24) is 4.73 Å². The van der Waals surface area contributed by atoms with E-state index in [9.17, 15) is 5.21 Å². The van der Waals surface area contributed by atoms with Crippen LogP contribution >= 0.6 is 0 Å². The average molecular weight is 235 g/mol. The van der Waals surface area contributed by atoms with Gasteiger partial charge in [0, 0.05) is 6.07 Å². The van der Waals surface area contributed by atoms with Gasteiger partial charge in [0.05, 0.1) is 18.5 Å². The summed E-state index contributed by atoms with van der Waals surface area (Å²) in [6, 6.07) is 4.93. The Morgan fingerprint density at radius 2 is 2.24 bits per heavy atom. The second-order valence-electron chi connectivity index (χ2n) is 3.49. The van der Waals surface area contributed by atoms with Crippen molar-refractivity contribution in [1.29, 1.82) is 5.41 Å². The number of hydrogen-bond acceptors (Lipinski definition) is 6. The highest BCUT2D eigenvalue weighted by atomic mass is 16.5. The Balaban J connectivity index is 2.27. The maximum absolute atomic E-state index is 9.45. The van der Waals surface area contributed by atoms with Gasteiger partial charge in [-0.15, -0.1) is 0 Å². The molecule has 2 aromatic heterocycles. The Kier molecular flexibility index (Phi) is 2.65. The molecule has 7 nitrogen and oxygen atoms in total. The van der Waals surface area contributed by atoms with Crippen molar-refractivity contribution >= 4 is 17.2 Å². The second-order valence-corrected chi connectivity index (χ2v) is 3.49. The predicted octanol–water partition coefficient (Wildman–Crippen LogP) is 0.574. The van der Waals surface area contributed by atoms with E-state index in [0.29, 0.717) is 28.4 Å². The first-order valence-electron chi connectivity index (χ1n) is 4.90. The molecule has 7 heteroatoms. The minimum Gasteiger partial charge on any atom is -0.467 e. The third kappa shape index (κ3) is 2.03. The van der Waals surface area contributed by atoms with Crippen LogP contribution in [0.3, 0.4) is 0 Å². The molecule has 2 heterocycles. The fourth-order valence-corrected chi connectivity index (χ4v) is 1.44. The van der Waals surface area contributed by atoms with Gasteiger partial charge in [0.25, 0.3) is 0 Å². The molecule has 0 saturated carbocycles. The summed E-state index contributed by atoms with van der Waals surface area (Å²) in [5.41, 5.74) is 11.6. The van der Waals surface area contributed by atoms with Crippen molar-refractivity contribution in [2.24, 2.45) is 0 Å². The molecule has 0 saturated heterocycles. The van der Waals surface area contributed by atoms with Gasteiger partial charge in [0.1, 0.15) is 17.3 Å². The van der Waals surface area contributed by atoms with Crippen LogP contribution in [0.15, 0.2) is 28.9 Å². The Labute approximate surface area is 96.7 Å². The molecule has 0 bridgehead atoms. The molecule has 0 radical (unpaired) electrons. The van der Waals surface area contributed by atoms with Crippen LogP contribution in [-0.4, -0.2) is 9.94 Å². The number of hydrogen-bond donors (Lipinski definition) is 5. The van der Waals surface area contributed by atoms with E-state index in [-0.39, 0.29) is 11.3 Å². The van der Waals surface area contributed by atoms with Crippen LogP contribution in [0, 0.1) is 5.41 Å². The number of furan rings is 1. The van der Waals surface area contributed by atoms with E-state index >= 15 is 0 Å². The molecule has 0 amide bonds. The number of pyridine rings is 1. The highest BCUT2D eigenvalue weighted by Crippen LogP contribution is 2.16. The Morgan fingerprint density at radius 3 is 2.88 bits per heavy atom. The first-order chi connectivity index (χ1) is 8.09. The third-order valence-electron chi connectivity index (χ3n) is 2.30. The monoisotopic (exact) mass is 235 g/mol. The first-order valence-corrected chi connectivity index (χ1v) is 4.90. The molecule has 7 N–H and O–H groups in total. The summed E-state index contributed by atoms with van der Waals surface area (Å²) in [5.74, 6) is 0.709. The number of nitrogens with two attached hydrogens (primary N) is 2. The van der Waals surface area contributed by atoms with E-state index in [1.54, 1.807) is 18.4 Å². The van der Waals surface area contributed by atoms with E-state index in [2.05, 4.69) is 5.32 Å². The molecule has 0 aliphatic rings. The Morgan fingerprint density at radius 1 is 1.47 bits per heavy atom. The van der Waals surface area contributed by atoms with Gasteiger partial charge in [0.2, 0.25) is 0 Å². The van der Waals surface area contributed by atoms with Gasteiger partial charge in [-0.3, -0.25) is 5.41 Å². The molecule has 0 aliphatic carbocycles. The quantitative estimate of drug-likeness (QED) is 0.497. The molecule has 0 spiro atoms. The predicted molar refractivity (Wildman–Crippen MR) is 62.3 cm³/mol. The van der Waals surface area contributed by atoms with Gasteiger partial charge in [-0.1, -0.05) is 0 Å². The van der Waals surface area contributed by atoms with E-state index in [1.165, 1.54) is 6.07 Å². The molecule has 17 heavy (non-hydrogen) atoms. The lowest BCUT2D eigenvalue weighted by Gasteiger charge is -2.11. The fourth-order valence-electron chi connectivity index (χ4n) is 1.44. The fraction of sp³-hybridized carbons (Fsp3) is 0.100. The number of rotatable bonds is 3. The van der Waals surface area contributed by atoms with Gasteiger partial charge < -0.3 is 26.4 Å². The highest BCUT2D eigenvalue weighted by molar-refractivity contribution is 5.67. The SMILES string of the molecule is N=c1c(NCc2ccco2)c(N)cc(N)n1O. The zero-order chi connectivity index (χ0) is 12.4. The summed E-state index contributed by atoms with van der Waals surface area (Å²) in [7, 11) is 0. The molecule has 2 aromatic rings. The largest absolute Gasteiger partial charge is 0.467 e. The Hall–Kier alpha value is -2.57. The molecule has 90 valence electrons. The molecule has 0 unspecified atom stereocenters. The van der Waals surface area contributed by atoms with Crippen molar-refractivity contribution in [3.63, 3.8) is 0 Å². The number of nitrogens with one attached hydrogen (secondary N) is 2. The van der Waals surface area contributed by atoms with E-state index in [1.807, 2.05) is 0 Å². The summed E-state index contributed by atoms with van der Waals surface area (Å²) in [5, 5.41) is 20.0. The topological polar surface area (TPSA) is 126 Å². The number of aromatic nitrogens is 1. The molecule has 2 rings (SSSR count). The van der Waals surface area contributed by atoms with E-state index < -0.39 is 0 Å². The zero-order valence-electron chi connectivity index (χ0n) is 8.97. The Bertz CT molecular complexity index is 573. The summed E-state index contributed by atoms with van der Waals surface area (Å²) in [6.07, 6.45) is 1.55. The molecular formula is C10H13N5O2. The lowest BCUT2D eigenvalue weighted by molar-refractivity contribution is 0.178. The van der Waals surface area contributed by atoms with Crippen molar-refractivity contribution in [3.05, 3.63) is 35.7 Å². The third-order valence-corrected chi connectivity index (χ3v) is 2.30. The maximum Gasteiger partial charge on any atom is 0.188 e. The molecule has 0 atom stereocenters. The highest BCUT2D eigenvalue weighted by Gasteiger charge is 2.08. The van der Waals surface area contributed by atoms with Crippen LogP contribution < -0.4 is 22.3 Å². The van der Waals surface area contributed by atoms with Crippen molar-refractivity contribution in [2.45, 2.75) is 6.54 Å². The average Bonchev–Trinajstić information content (AvgIpc) is 2.79. The van der Waals surface area contributed by atoms with Crippen molar-refractivity contribution in [3.8, 4) is 0 Å². The van der Waals surface area contributed by atoms with Crippen molar-refractivity contribution in [2.75, 3.05) is 16.8 Å². The lowest BCUT2D eigenvalue weighted by atomic mass is 10.3. The van der Waals surface area contributed by atoms with Gasteiger partial charge in [-0.05, 0) is 12.1 Å². The normalized spacial score (nSPS) is 10.4. The van der Waals surface area contributed by atoms with Crippen LogP contribution in [-0.2, 0) is 6.54 Å². The maximum atomic E-state index is 9.45. The van der Waals surface area contributed by atoms with Gasteiger partial charge in [-0.2, -0.15) is 4.73 Å². The van der Waals surface area contributed by atoms with Crippen molar-refractivity contribution < 1.29 is 9.62 Å². The van der Waals surface area contributed by atoms with Crippen LogP contribution in [0.25, 0.3) is 0 Å². The summed E-state index contributed by atoms with van der Waals surface area (Å²) in [4.78, 5) is 0. The zero-order valence-corrected chi connectivity index (χ0v) is 8.97. The standard InChI is InChI=1S/C10H13N5O2/c11-7-4-8(12)15(16)10(13)9(7)14-5-6-2-1-3-17-6/h1-4,13-14,16H,5,11-12H2. The van der Waals surface area contributed by atoms with E-state index in [4.69, 9.17) is 21.3 Å². The lowest BCUT2D eigenvalue weighted by Crippen LogP contribution is -2.25.